The van der Waals surface area contributed by atoms with E-state index in [0.717, 1.165) is 18.5 Å². The van der Waals surface area contributed by atoms with Crippen LogP contribution in [-0.4, -0.2) is 35.1 Å². The number of hydrogen-bond donors (Lipinski definition) is 2. The average Bonchev–Trinajstić information content (AvgIpc) is 3.26. The summed E-state index contributed by atoms with van der Waals surface area (Å²) in [6.45, 7) is 1.28. The molecule has 34 heavy (non-hydrogen) atoms. The maximum atomic E-state index is 13.0. The van der Waals surface area contributed by atoms with E-state index in [4.69, 9.17) is 0 Å². The maximum Gasteiger partial charge on any atom is 0.255 e. The van der Waals surface area contributed by atoms with Crippen LogP contribution in [0.1, 0.15) is 41.6 Å². The predicted molar refractivity (Wildman–Crippen MR) is 126 cm³/mol. The van der Waals surface area contributed by atoms with Crippen LogP contribution in [0, 0.1) is 11.8 Å². The SMILES string of the molecule is O=C(Nc1cccc(CN2CCCC2=O)c1)c1cccc(N2NC(=O)C3CC=CCC3C2=O)c1. The molecule has 0 spiro atoms. The minimum absolute atomic E-state index is 0.154. The van der Waals surface area contributed by atoms with Gasteiger partial charge in [-0.15, -0.1) is 0 Å². The van der Waals surface area contributed by atoms with E-state index in [1.165, 1.54) is 5.01 Å². The van der Waals surface area contributed by atoms with Crippen LogP contribution < -0.4 is 15.8 Å². The highest BCUT2D eigenvalue weighted by atomic mass is 16.2. The number of allylic oxidation sites excluding steroid dienone is 2. The maximum absolute atomic E-state index is 13.0. The first kappa shape index (κ1) is 21.9. The summed E-state index contributed by atoms with van der Waals surface area (Å²) in [6.07, 6.45) is 6.44. The van der Waals surface area contributed by atoms with Gasteiger partial charge in [-0.25, -0.2) is 5.01 Å². The molecule has 174 valence electrons. The van der Waals surface area contributed by atoms with Crippen LogP contribution in [0.3, 0.4) is 0 Å². The fourth-order valence-corrected chi connectivity index (χ4v) is 4.81. The lowest BCUT2D eigenvalue weighted by Gasteiger charge is -2.38. The van der Waals surface area contributed by atoms with Gasteiger partial charge in [-0.1, -0.05) is 30.4 Å². The van der Waals surface area contributed by atoms with E-state index in [2.05, 4.69) is 10.7 Å². The first-order valence-corrected chi connectivity index (χ1v) is 11.6. The summed E-state index contributed by atoms with van der Waals surface area (Å²) >= 11 is 0. The lowest BCUT2D eigenvalue weighted by atomic mass is 9.80. The van der Waals surface area contributed by atoms with Crippen LogP contribution in [0.25, 0.3) is 0 Å². The lowest BCUT2D eigenvalue weighted by Crippen LogP contribution is -2.59. The first-order chi connectivity index (χ1) is 16.5. The Morgan fingerprint density at radius 3 is 2.59 bits per heavy atom. The number of fused-ring (bicyclic) bond motifs is 1. The van der Waals surface area contributed by atoms with Crippen molar-refractivity contribution in [1.82, 2.24) is 10.3 Å². The lowest BCUT2D eigenvalue weighted by molar-refractivity contribution is -0.139. The van der Waals surface area contributed by atoms with Crippen molar-refractivity contribution in [2.45, 2.75) is 32.2 Å². The van der Waals surface area contributed by atoms with Gasteiger partial charge in [-0.05, 0) is 55.2 Å². The molecule has 2 atom stereocenters. The Balaban J connectivity index is 1.30. The van der Waals surface area contributed by atoms with Crippen LogP contribution >= 0.6 is 0 Å². The summed E-state index contributed by atoms with van der Waals surface area (Å²) < 4.78 is 0. The molecule has 2 aromatic carbocycles. The second kappa shape index (κ2) is 9.13. The molecule has 2 saturated heterocycles. The third kappa shape index (κ3) is 4.31. The van der Waals surface area contributed by atoms with E-state index in [1.807, 2.05) is 35.3 Å². The molecule has 2 unspecified atom stereocenters. The molecule has 0 saturated carbocycles. The number of nitrogens with zero attached hydrogens (tertiary/aromatic N) is 2. The summed E-state index contributed by atoms with van der Waals surface area (Å²) in [5.74, 6) is -1.26. The smallest absolute Gasteiger partial charge is 0.255 e. The number of anilines is 2. The third-order valence-electron chi connectivity index (χ3n) is 6.62. The quantitative estimate of drug-likeness (QED) is 0.673. The van der Waals surface area contributed by atoms with E-state index in [0.29, 0.717) is 42.7 Å². The zero-order chi connectivity index (χ0) is 23.7. The van der Waals surface area contributed by atoms with Crippen molar-refractivity contribution in [1.29, 1.82) is 0 Å². The van der Waals surface area contributed by atoms with Crippen molar-refractivity contribution >= 4 is 35.0 Å². The number of rotatable bonds is 5. The van der Waals surface area contributed by atoms with E-state index >= 15 is 0 Å². The molecule has 1 aliphatic carbocycles. The molecule has 0 radical (unpaired) electrons. The first-order valence-electron chi connectivity index (χ1n) is 11.6. The summed E-state index contributed by atoms with van der Waals surface area (Å²) in [4.78, 5) is 52.3. The minimum atomic E-state index is -0.388. The van der Waals surface area contributed by atoms with Gasteiger partial charge < -0.3 is 10.2 Å². The summed E-state index contributed by atoms with van der Waals surface area (Å²) in [7, 11) is 0. The Kier molecular flexibility index (Phi) is 5.88. The standard InChI is InChI=1S/C26H26N4O4/c31-23-12-5-13-29(23)16-17-6-3-8-19(14-17)27-24(32)18-7-4-9-20(15-18)30-26(34)22-11-2-1-10-21(22)25(33)28-30/h1-4,6-9,14-15,21-22H,5,10-13,16H2,(H,27,32)(H,28,33). The highest BCUT2D eigenvalue weighted by Crippen LogP contribution is 2.32. The van der Waals surface area contributed by atoms with E-state index in [1.54, 1.807) is 30.3 Å². The third-order valence-corrected chi connectivity index (χ3v) is 6.62. The van der Waals surface area contributed by atoms with Crippen molar-refractivity contribution in [2.24, 2.45) is 11.8 Å². The van der Waals surface area contributed by atoms with Gasteiger partial charge >= 0.3 is 0 Å². The van der Waals surface area contributed by atoms with E-state index in [-0.39, 0.29) is 35.5 Å². The zero-order valence-electron chi connectivity index (χ0n) is 18.7. The number of carbonyl (C=O) groups is 4. The number of nitrogens with one attached hydrogen (secondary N) is 2. The number of likely N-dealkylation sites (tertiary alicyclic amines) is 1. The van der Waals surface area contributed by atoms with Crippen molar-refractivity contribution in [3.05, 3.63) is 71.8 Å². The van der Waals surface area contributed by atoms with Crippen molar-refractivity contribution < 1.29 is 19.2 Å². The molecular weight excluding hydrogens is 432 g/mol. The molecule has 2 heterocycles. The summed E-state index contributed by atoms with van der Waals surface area (Å²) in [5, 5.41) is 4.14. The Labute approximate surface area is 197 Å². The van der Waals surface area contributed by atoms with Gasteiger partial charge in [0.2, 0.25) is 17.7 Å². The predicted octanol–water partition coefficient (Wildman–Crippen LogP) is 3.02. The van der Waals surface area contributed by atoms with Gasteiger partial charge in [-0.3, -0.25) is 24.6 Å². The number of hydrogen-bond acceptors (Lipinski definition) is 4. The minimum Gasteiger partial charge on any atom is -0.338 e. The molecule has 0 bridgehead atoms. The number of carbonyl (C=O) groups excluding carboxylic acids is 4. The van der Waals surface area contributed by atoms with E-state index < -0.39 is 0 Å². The highest BCUT2D eigenvalue weighted by molar-refractivity contribution is 6.07. The molecule has 0 aromatic heterocycles. The number of benzene rings is 2. The Morgan fingerprint density at radius 1 is 1.00 bits per heavy atom. The van der Waals surface area contributed by atoms with Crippen LogP contribution in [-0.2, 0) is 20.9 Å². The monoisotopic (exact) mass is 458 g/mol. The van der Waals surface area contributed by atoms with Gasteiger partial charge in [0.1, 0.15) is 0 Å². The normalized spacial score (nSPS) is 21.9. The van der Waals surface area contributed by atoms with Crippen molar-refractivity contribution in [2.75, 3.05) is 16.9 Å². The van der Waals surface area contributed by atoms with Crippen LogP contribution in [0.4, 0.5) is 11.4 Å². The van der Waals surface area contributed by atoms with Crippen molar-refractivity contribution in [3.8, 4) is 0 Å². The molecule has 2 aliphatic heterocycles. The average molecular weight is 459 g/mol. The fraction of sp³-hybridized carbons (Fsp3) is 0.308. The van der Waals surface area contributed by atoms with Crippen molar-refractivity contribution in [3.63, 3.8) is 0 Å². The van der Waals surface area contributed by atoms with E-state index in [9.17, 15) is 19.2 Å². The zero-order valence-corrected chi connectivity index (χ0v) is 18.7. The molecule has 2 aromatic rings. The molecule has 2 N–H and O–H groups in total. The molecule has 2 fully saturated rings. The van der Waals surface area contributed by atoms with Crippen LogP contribution in [0.5, 0.6) is 0 Å². The molecule has 4 amide bonds. The summed E-state index contributed by atoms with van der Waals surface area (Å²) in [6, 6.07) is 14.1. The number of amides is 4. The van der Waals surface area contributed by atoms with Gasteiger partial charge in [0, 0.05) is 30.8 Å². The fourth-order valence-electron chi connectivity index (χ4n) is 4.81. The summed E-state index contributed by atoms with van der Waals surface area (Å²) in [5.41, 5.74) is 5.07. The number of hydrazine groups is 1. The van der Waals surface area contributed by atoms with Gasteiger partial charge in [0.15, 0.2) is 0 Å². The largest absolute Gasteiger partial charge is 0.338 e. The molecule has 5 rings (SSSR count). The van der Waals surface area contributed by atoms with Gasteiger partial charge in [-0.2, -0.15) is 0 Å². The van der Waals surface area contributed by atoms with Crippen LogP contribution in [0.15, 0.2) is 60.7 Å². The van der Waals surface area contributed by atoms with Crippen LogP contribution in [0.2, 0.25) is 0 Å². The topological polar surface area (TPSA) is 98.8 Å². The van der Waals surface area contributed by atoms with Gasteiger partial charge in [0.05, 0.1) is 17.5 Å². The Morgan fingerprint density at radius 2 is 1.79 bits per heavy atom. The Bertz CT molecular complexity index is 1190. The molecule has 3 aliphatic rings. The second-order valence-electron chi connectivity index (χ2n) is 8.93. The second-order valence-corrected chi connectivity index (χ2v) is 8.93. The molecule has 8 nitrogen and oxygen atoms in total. The molecular formula is C26H26N4O4. The Hall–Kier alpha value is -3.94. The van der Waals surface area contributed by atoms with Gasteiger partial charge in [0.25, 0.3) is 5.91 Å². The highest BCUT2D eigenvalue weighted by Gasteiger charge is 2.42. The molecule has 8 heteroatoms.